The van der Waals surface area contributed by atoms with Gasteiger partial charge in [-0.3, -0.25) is 15.1 Å². The van der Waals surface area contributed by atoms with Crippen molar-refractivity contribution in [1.82, 2.24) is 10.4 Å². The smallest absolute Gasteiger partial charge is 0.258 e. The number of benzene rings is 1. The van der Waals surface area contributed by atoms with Gasteiger partial charge in [0.15, 0.2) is 0 Å². The zero-order valence-corrected chi connectivity index (χ0v) is 9.10. The van der Waals surface area contributed by atoms with Crippen LogP contribution in [0.1, 0.15) is 18.5 Å². The molecule has 0 spiro atoms. The van der Waals surface area contributed by atoms with Crippen molar-refractivity contribution >= 4 is 5.69 Å². The molecule has 1 aromatic carbocycles. The first kappa shape index (κ1) is 11.6. The van der Waals surface area contributed by atoms with Gasteiger partial charge in [-0.1, -0.05) is 12.1 Å². The first-order valence-electron chi connectivity index (χ1n) is 4.68. The fourth-order valence-electron chi connectivity index (χ4n) is 1.37. The topological polar surface area (TPSA) is 58.4 Å². The summed E-state index contributed by atoms with van der Waals surface area (Å²) in [7, 11) is 3.77. The van der Waals surface area contributed by atoms with Gasteiger partial charge in [-0.25, -0.2) is 5.43 Å². The normalized spacial score (nSPS) is 12.8. The summed E-state index contributed by atoms with van der Waals surface area (Å²) in [5.41, 5.74) is 4.16. The molecule has 82 valence electrons. The fraction of sp³-hybridized carbons (Fsp3) is 0.400. The van der Waals surface area contributed by atoms with Crippen LogP contribution in [0.25, 0.3) is 0 Å². The van der Waals surface area contributed by atoms with Crippen molar-refractivity contribution in [2.45, 2.75) is 13.0 Å². The third-order valence-corrected chi connectivity index (χ3v) is 2.03. The SMILES string of the molecule is CC(NN(C)C)c1cccc([N+](=O)[O-])c1. The summed E-state index contributed by atoms with van der Waals surface area (Å²) in [6.07, 6.45) is 0. The first-order valence-corrected chi connectivity index (χ1v) is 4.68. The summed E-state index contributed by atoms with van der Waals surface area (Å²) < 4.78 is 0. The second kappa shape index (κ2) is 4.86. The Morgan fingerprint density at radius 1 is 1.47 bits per heavy atom. The van der Waals surface area contributed by atoms with E-state index in [0.717, 1.165) is 5.56 Å². The molecule has 0 fully saturated rings. The predicted octanol–water partition coefficient (Wildman–Crippen LogP) is 1.72. The Morgan fingerprint density at radius 2 is 2.13 bits per heavy atom. The quantitative estimate of drug-likeness (QED) is 0.606. The molecule has 0 saturated heterocycles. The lowest BCUT2D eigenvalue weighted by molar-refractivity contribution is -0.384. The third-order valence-electron chi connectivity index (χ3n) is 2.03. The van der Waals surface area contributed by atoms with Crippen LogP contribution in [0.3, 0.4) is 0 Å². The molecule has 1 N–H and O–H groups in total. The molecule has 0 bridgehead atoms. The van der Waals surface area contributed by atoms with Crippen LogP contribution in [-0.2, 0) is 0 Å². The molecule has 1 unspecified atom stereocenters. The lowest BCUT2D eigenvalue weighted by atomic mass is 10.1. The summed E-state index contributed by atoms with van der Waals surface area (Å²) in [5.74, 6) is 0. The van der Waals surface area contributed by atoms with Crippen molar-refractivity contribution in [2.24, 2.45) is 0 Å². The highest BCUT2D eigenvalue weighted by atomic mass is 16.6. The van der Waals surface area contributed by atoms with Gasteiger partial charge < -0.3 is 0 Å². The molecule has 1 rings (SSSR count). The second-order valence-electron chi connectivity index (χ2n) is 3.60. The Bertz CT molecular complexity index is 352. The minimum absolute atomic E-state index is 0.0555. The van der Waals surface area contributed by atoms with Gasteiger partial charge in [0.05, 0.1) is 4.92 Å². The molecule has 1 atom stereocenters. The van der Waals surface area contributed by atoms with Crippen molar-refractivity contribution in [3.63, 3.8) is 0 Å². The Morgan fingerprint density at radius 3 is 2.67 bits per heavy atom. The predicted molar refractivity (Wildman–Crippen MR) is 58.3 cm³/mol. The number of hydrogen-bond donors (Lipinski definition) is 1. The summed E-state index contributed by atoms with van der Waals surface area (Å²) >= 11 is 0. The molecule has 15 heavy (non-hydrogen) atoms. The molecule has 0 saturated carbocycles. The molecule has 0 aliphatic rings. The van der Waals surface area contributed by atoms with Gasteiger partial charge in [-0.15, -0.1) is 0 Å². The minimum atomic E-state index is -0.383. The van der Waals surface area contributed by atoms with Crippen LogP contribution in [0.15, 0.2) is 24.3 Å². The molecule has 0 radical (unpaired) electrons. The zero-order valence-electron chi connectivity index (χ0n) is 9.10. The van der Waals surface area contributed by atoms with E-state index < -0.39 is 0 Å². The maximum atomic E-state index is 10.6. The Hall–Kier alpha value is -1.46. The van der Waals surface area contributed by atoms with Crippen LogP contribution in [-0.4, -0.2) is 24.0 Å². The van der Waals surface area contributed by atoms with E-state index >= 15 is 0 Å². The molecular formula is C10H15N3O2. The van der Waals surface area contributed by atoms with Gasteiger partial charge in [0.2, 0.25) is 0 Å². The van der Waals surface area contributed by atoms with Crippen molar-refractivity contribution < 1.29 is 4.92 Å². The average Bonchev–Trinajstić information content (AvgIpc) is 2.17. The van der Waals surface area contributed by atoms with Gasteiger partial charge in [-0.2, -0.15) is 0 Å². The van der Waals surface area contributed by atoms with Gasteiger partial charge >= 0.3 is 0 Å². The largest absolute Gasteiger partial charge is 0.269 e. The molecule has 5 heteroatoms. The number of nitrogens with zero attached hydrogens (tertiary/aromatic N) is 2. The Kier molecular flexibility index (Phi) is 3.76. The van der Waals surface area contributed by atoms with Crippen LogP contribution >= 0.6 is 0 Å². The monoisotopic (exact) mass is 209 g/mol. The molecular weight excluding hydrogens is 194 g/mol. The summed E-state index contributed by atoms with van der Waals surface area (Å²) in [6, 6.07) is 6.70. The number of nitro benzene ring substituents is 1. The minimum Gasteiger partial charge on any atom is -0.258 e. The highest BCUT2D eigenvalue weighted by Crippen LogP contribution is 2.18. The van der Waals surface area contributed by atoms with Crippen molar-refractivity contribution in [3.05, 3.63) is 39.9 Å². The number of hydrogen-bond acceptors (Lipinski definition) is 4. The molecule has 0 heterocycles. The van der Waals surface area contributed by atoms with E-state index in [1.807, 2.05) is 32.1 Å². The van der Waals surface area contributed by atoms with Crippen LogP contribution < -0.4 is 5.43 Å². The highest BCUT2D eigenvalue weighted by Gasteiger charge is 2.10. The van der Waals surface area contributed by atoms with E-state index in [9.17, 15) is 10.1 Å². The molecule has 5 nitrogen and oxygen atoms in total. The van der Waals surface area contributed by atoms with Crippen molar-refractivity contribution in [3.8, 4) is 0 Å². The van der Waals surface area contributed by atoms with E-state index in [2.05, 4.69) is 5.43 Å². The van der Waals surface area contributed by atoms with Crippen LogP contribution in [0.5, 0.6) is 0 Å². The standard InChI is InChI=1S/C10H15N3O2/c1-8(11-12(2)3)9-5-4-6-10(7-9)13(14)15/h4-8,11H,1-3H3. The number of hydrazine groups is 1. The van der Waals surface area contributed by atoms with E-state index in [4.69, 9.17) is 0 Å². The van der Waals surface area contributed by atoms with Crippen LogP contribution in [0.4, 0.5) is 5.69 Å². The molecule has 0 amide bonds. The second-order valence-corrected chi connectivity index (χ2v) is 3.60. The number of nitrogens with one attached hydrogen (secondary N) is 1. The van der Waals surface area contributed by atoms with E-state index in [1.165, 1.54) is 6.07 Å². The Balaban J connectivity index is 2.85. The van der Waals surface area contributed by atoms with Gasteiger partial charge in [-0.05, 0) is 12.5 Å². The lowest BCUT2D eigenvalue weighted by Crippen LogP contribution is -2.32. The fourth-order valence-corrected chi connectivity index (χ4v) is 1.37. The maximum Gasteiger partial charge on any atom is 0.269 e. The molecule has 0 aromatic heterocycles. The highest BCUT2D eigenvalue weighted by molar-refractivity contribution is 5.35. The van der Waals surface area contributed by atoms with Gasteiger partial charge in [0.25, 0.3) is 5.69 Å². The van der Waals surface area contributed by atoms with E-state index in [0.29, 0.717) is 0 Å². The first-order chi connectivity index (χ1) is 7.00. The van der Waals surface area contributed by atoms with E-state index in [1.54, 1.807) is 12.1 Å². The van der Waals surface area contributed by atoms with Crippen molar-refractivity contribution in [2.75, 3.05) is 14.1 Å². The number of rotatable bonds is 4. The molecule has 0 aliphatic heterocycles. The third kappa shape index (κ3) is 3.30. The van der Waals surface area contributed by atoms with E-state index in [-0.39, 0.29) is 16.7 Å². The lowest BCUT2D eigenvalue weighted by Gasteiger charge is -2.19. The Labute approximate surface area is 88.8 Å². The average molecular weight is 209 g/mol. The molecule has 1 aromatic rings. The van der Waals surface area contributed by atoms with Crippen molar-refractivity contribution in [1.29, 1.82) is 0 Å². The summed E-state index contributed by atoms with van der Waals surface area (Å²) in [5, 5.41) is 12.4. The summed E-state index contributed by atoms with van der Waals surface area (Å²) in [4.78, 5) is 10.2. The number of nitro groups is 1. The van der Waals surface area contributed by atoms with Crippen LogP contribution in [0.2, 0.25) is 0 Å². The zero-order chi connectivity index (χ0) is 11.4. The summed E-state index contributed by atoms with van der Waals surface area (Å²) in [6.45, 7) is 1.96. The molecule has 0 aliphatic carbocycles. The maximum absolute atomic E-state index is 10.6. The van der Waals surface area contributed by atoms with Crippen LogP contribution in [0, 0.1) is 10.1 Å². The number of non-ortho nitro benzene ring substituents is 1. The van der Waals surface area contributed by atoms with Gasteiger partial charge in [0, 0.05) is 32.3 Å². The van der Waals surface area contributed by atoms with Gasteiger partial charge in [0.1, 0.15) is 0 Å².